The number of halogens is 1. The van der Waals surface area contributed by atoms with Crippen molar-refractivity contribution in [3.63, 3.8) is 0 Å². The van der Waals surface area contributed by atoms with Gasteiger partial charge in [-0.3, -0.25) is 9.69 Å². The standard InChI is InChI=1S/C20H29BrN2O4/c1-15(24)26-10-6-3-7-11-27-20(25)16-12-17(19(22)18(21)13-16)14-23-8-4-2-5-9-23/h12-13H,2-11,14,22H2,1H3. The molecule has 2 N–H and O–H groups in total. The van der Waals surface area contributed by atoms with Crippen LogP contribution in [0.25, 0.3) is 0 Å². The third kappa shape index (κ3) is 7.50. The molecule has 0 atom stereocenters. The first-order valence-electron chi connectivity index (χ1n) is 9.58. The van der Waals surface area contributed by atoms with Crippen molar-refractivity contribution in [3.8, 4) is 0 Å². The van der Waals surface area contributed by atoms with Crippen LogP contribution in [0.1, 0.15) is 61.4 Å². The minimum atomic E-state index is -0.337. The summed E-state index contributed by atoms with van der Waals surface area (Å²) < 4.78 is 11.0. The normalized spacial score (nSPS) is 14.7. The molecule has 1 fully saturated rings. The summed E-state index contributed by atoms with van der Waals surface area (Å²) in [5, 5.41) is 0. The van der Waals surface area contributed by atoms with E-state index in [1.54, 1.807) is 6.07 Å². The fourth-order valence-electron chi connectivity index (χ4n) is 3.13. The summed E-state index contributed by atoms with van der Waals surface area (Å²) in [6.45, 7) is 5.04. The number of benzene rings is 1. The Kier molecular flexibility index (Phi) is 9.07. The summed E-state index contributed by atoms with van der Waals surface area (Å²) in [7, 11) is 0. The Bertz CT molecular complexity index is 645. The van der Waals surface area contributed by atoms with Gasteiger partial charge in [0.1, 0.15) is 0 Å². The number of nitrogens with zero attached hydrogens (tertiary/aromatic N) is 1. The minimum absolute atomic E-state index is 0.268. The van der Waals surface area contributed by atoms with Crippen LogP contribution >= 0.6 is 15.9 Å². The van der Waals surface area contributed by atoms with Crippen LogP contribution in [0, 0.1) is 0 Å². The van der Waals surface area contributed by atoms with Crippen molar-refractivity contribution in [1.82, 2.24) is 4.90 Å². The SMILES string of the molecule is CC(=O)OCCCCCOC(=O)c1cc(Br)c(N)c(CN2CCCCC2)c1. The van der Waals surface area contributed by atoms with Gasteiger partial charge in [-0.15, -0.1) is 0 Å². The number of nitrogen functional groups attached to an aromatic ring is 1. The molecule has 1 aliphatic rings. The molecule has 1 aromatic carbocycles. The highest BCUT2D eigenvalue weighted by molar-refractivity contribution is 9.10. The number of nitrogens with two attached hydrogens (primary N) is 1. The van der Waals surface area contributed by atoms with Crippen LogP contribution in [0.4, 0.5) is 5.69 Å². The molecule has 1 aliphatic heterocycles. The van der Waals surface area contributed by atoms with Crippen LogP contribution in [0.3, 0.4) is 0 Å². The summed E-state index contributed by atoms with van der Waals surface area (Å²) in [4.78, 5) is 25.4. The highest BCUT2D eigenvalue weighted by atomic mass is 79.9. The molecule has 1 saturated heterocycles. The van der Waals surface area contributed by atoms with Crippen LogP contribution in [0.5, 0.6) is 0 Å². The van der Waals surface area contributed by atoms with Gasteiger partial charge in [0.25, 0.3) is 0 Å². The van der Waals surface area contributed by atoms with E-state index in [2.05, 4.69) is 20.8 Å². The zero-order chi connectivity index (χ0) is 19.6. The molecule has 2 rings (SSSR count). The maximum atomic E-state index is 12.4. The van der Waals surface area contributed by atoms with Gasteiger partial charge in [-0.25, -0.2) is 4.79 Å². The Labute approximate surface area is 169 Å². The lowest BCUT2D eigenvalue weighted by Gasteiger charge is -2.27. The van der Waals surface area contributed by atoms with Gasteiger partial charge in [-0.1, -0.05) is 6.42 Å². The van der Waals surface area contributed by atoms with Crippen molar-refractivity contribution in [3.05, 3.63) is 27.7 Å². The number of unbranched alkanes of at least 4 members (excludes halogenated alkanes) is 2. The second kappa shape index (κ2) is 11.3. The van der Waals surface area contributed by atoms with E-state index in [9.17, 15) is 9.59 Å². The van der Waals surface area contributed by atoms with E-state index in [1.807, 2.05) is 6.07 Å². The number of hydrogen-bond donors (Lipinski definition) is 1. The number of piperidine rings is 1. The number of anilines is 1. The number of ether oxygens (including phenoxy) is 2. The Hall–Kier alpha value is -1.60. The molecule has 1 heterocycles. The van der Waals surface area contributed by atoms with Crippen LogP contribution in [0.2, 0.25) is 0 Å². The van der Waals surface area contributed by atoms with E-state index >= 15 is 0 Å². The van der Waals surface area contributed by atoms with E-state index in [-0.39, 0.29) is 11.9 Å². The van der Waals surface area contributed by atoms with E-state index in [0.29, 0.717) is 24.5 Å². The largest absolute Gasteiger partial charge is 0.466 e. The van der Waals surface area contributed by atoms with Crippen molar-refractivity contribution in [2.24, 2.45) is 0 Å². The average molecular weight is 441 g/mol. The van der Waals surface area contributed by atoms with E-state index in [4.69, 9.17) is 15.2 Å². The average Bonchev–Trinajstić information content (AvgIpc) is 2.65. The van der Waals surface area contributed by atoms with E-state index < -0.39 is 0 Å². The zero-order valence-corrected chi connectivity index (χ0v) is 17.6. The second-order valence-electron chi connectivity index (χ2n) is 6.90. The van der Waals surface area contributed by atoms with Gasteiger partial charge in [0.2, 0.25) is 0 Å². The number of esters is 2. The maximum Gasteiger partial charge on any atom is 0.338 e. The lowest BCUT2D eigenvalue weighted by atomic mass is 10.1. The van der Waals surface area contributed by atoms with Gasteiger partial charge >= 0.3 is 11.9 Å². The van der Waals surface area contributed by atoms with Crippen molar-refractivity contribution in [2.75, 3.05) is 32.0 Å². The molecule has 150 valence electrons. The molecule has 0 unspecified atom stereocenters. The number of likely N-dealkylation sites (tertiary alicyclic amines) is 1. The smallest absolute Gasteiger partial charge is 0.338 e. The van der Waals surface area contributed by atoms with Crippen molar-refractivity contribution < 1.29 is 19.1 Å². The molecule has 0 aromatic heterocycles. The molecule has 0 saturated carbocycles. The fraction of sp³-hybridized carbons (Fsp3) is 0.600. The Morgan fingerprint density at radius 3 is 2.41 bits per heavy atom. The number of carbonyl (C=O) groups excluding carboxylic acids is 2. The quantitative estimate of drug-likeness (QED) is 0.356. The van der Waals surface area contributed by atoms with Crippen LogP contribution in [0.15, 0.2) is 16.6 Å². The zero-order valence-electron chi connectivity index (χ0n) is 16.0. The summed E-state index contributed by atoms with van der Waals surface area (Å²) in [5.74, 6) is -0.605. The predicted octanol–water partition coefficient (Wildman–Crippen LogP) is 3.91. The molecule has 0 amide bonds. The van der Waals surface area contributed by atoms with Gasteiger partial charge in [0, 0.05) is 17.9 Å². The van der Waals surface area contributed by atoms with Gasteiger partial charge in [-0.05, 0) is 78.8 Å². The van der Waals surface area contributed by atoms with Crippen molar-refractivity contribution in [2.45, 2.75) is 52.0 Å². The molecule has 0 bridgehead atoms. The third-order valence-corrected chi connectivity index (χ3v) is 5.28. The van der Waals surface area contributed by atoms with Crippen LogP contribution in [-0.2, 0) is 20.8 Å². The maximum absolute atomic E-state index is 12.4. The van der Waals surface area contributed by atoms with E-state index in [1.165, 1.54) is 26.2 Å². The molecule has 0 aliphatic carbocycles. The molecule has 27 heavy (non-hydrogen) atoms. The molecular weight excluding hydrogens is 412 g/mol. The lowest BCUT2D eigenvalue weighted by molar-refractivity contribution is -0.141. The summed E-state index contributed by atoms with van der Waals surface area (Å²) in [6.07, 6.45) is 6.05. The monoisotopic (exact) mass is 440 g/mol. The predicted molar refractivity (Wildman–Crippen MR) is 108 cm³/mol. The van der Waals surface area contributed by atoms with Gasteiger partial charge in [0.05, 0.1) is 24.5 Å². The second-order valence-corrected chi connectivity index (χ2v) is 7.76. The summed E-state index contributed by atoms with van der Waals surface area (Å²) in [6, 6.07) is 3.57. The molecule has 6 nitrogen and oxygen atoms in total. The Morgan fingerprint density at radius 2 is 1.74 bits per heavy atom. The highest BCUT2D eigenvalue weighted by Crippen LogP contribution is 2.28. The molecule has 0 radical (unpaired) electrons. The third-order valence-electron chi connectivity index (χ3n) is 4.62. The van der Waals surface area contributed by atoms with Crippen LogP contribution < -0.4 is 5.73 Å². The van der Waals surface area contributed by atoms with Crippen molar-refractivity contribution in [1.29, 1.82) is 0 Å². The van der Waals surface area contributed by atoms with Gasteiger partial charge < -0.3 is 15.2 Å². The molecule has 7 heteroatoms. The first-order valence-corrected chi connectivity index (χ1v) is 10.4. The minimum Gasteiger partial charge on any atom is -0.466 e. The number of rotatable bonds is 9. The number of hydrogen-bond acceptors (Lipinski definition) is 6. The molecule has 0 spiro atoms. The summed E-state index contributed by atoms with van der Waals surface area (Å²) in [5.41, 5.74) is 8.35. The molecular formula is C20H29BrN2O4. The summed E-state index contributed by atoms with van der Waals surface area (Å²) >= 11 is 3.46. The molecule has 1 aromatic rings. The van der Waals surface area contributed by atoms with Gasteiger partial charge in [-0.2, -0.15) is 0 Å². The fourth-order valence-corrected chi connectivity index (χ4v) is 3.63. The number of carbonyl (C=O) groups is 2. The highest BCUT2D eigenvalue weighted by Gasteiger charge is 2.17. The Morgan fingerprint density at radius 1 is 1.07 bits per heavy atom. The Balaban J connectivity index is 1.83. The topological polar surface area (TPSA) is 81.9 Å². The van der Waals surface area contributed by atoms with Crippen LogP contribution in [-0.4, -0.2) is 43.1 Å². The first-order chi connectivity index (χ1) is 13.0. The lowest BCUT2D eigenvalue weighted by Crippen LogP contribution is -2.29. The van der Waals surface area contributed by atoms with E-state index in [0.717, 1.165) is 48.9 Å². The van der Waals surface area contributed by atoms with Gasteiger partial charge in [0.15, 0.2) is 0 Å². The first kappa shape index (κ1) is 21.7. The van der Waals surface area contributed by atoms with Crippen molar-refractivity contribution >= 4 is 33.6 Å².